The molecule has 1 aromatic heterocycles. The molecule has 0 N–H and O–H groups in total. The van der Waals surface area contributed by atoms with E-state index in [2.05, 4.69) is 18.8 Å². The molecule has 0 radical (unpaired) electrons. The number of rotatable bonds is 3. The maximum absolute atomic E-state index is 12.0. The topological polar surface area (TPSA) is 30.0 Å². The molecule has 0 spiro atoms. The molecule has 2 rings (SSSR count). The largest absolute Gasteiger partial charge is 0.299 e. The van der Waals surface area contributed by atoms with E-state index in [-0.39, 0.29) is 0 Å². The van der Waals surface area contributed by atoms with Crippen LogP contribution < -0.4 is 0 Å². The Balaban J connectivity index is 1.97. The fraction of sp³-hybridized carbons (Fsp3) is 0.692. The van der Waals surface area contributed by atoms with Crippen molar-refractivity contribution < 1.29 is 4.79 Å². The van der Waals surface area contributed by atoms with E-state index in [0.29, 0.717) is 18.1 Å². The van der Waals surface area contributed by atoms with Crippen molar-refractivity contribution in [3.63, 3.8) is 0 Å². The number of nitrogens with zero attached hydrogens (tertiary/aromatic N) is 1. The second-order valence-corrected chi connectivity index (χ2v) is 6.30. The summed E-state index contributed by atoms with van der Waals surface area (Å²) in [5, 5.41) is 1.000. The summed E-state index contributed by atoms with van der Waals surface area (Å²) in [4.78, 5) is 17.7. The Morgan fingerprint density at radius 2 is 2.19 bits per heavy atom. The number of ketones is 1. The van der Waals surface area contributed by atoms with Gasteiger partial charge in [0.25, 0.3) is 0 Å². The zero-order valence-corrected chi connectivity index (χ0v) is 11.1. The van der Waals surface area contributed by atoms with Gasteiger partial charge in [-0.25, -0.2) is 4.98 Å². The van der Waals surface area contributed by atoms with Crippen molar-refractivity contribution in [2.75, 3.05) is 0 Å². The third kappa shape index (κ3) is 2.51. The van der Waals surface area contributed by atoms with Crippen LogP contribution >= 0.6 is 11.3 Å². The maximum Gasteiger partial charge on any atom is 0.142 e. The summed E-state index contributed by atoms with van der Waals surface area (Å²) in [5.41, 5.74) is 1.08. The van der Waals surface area contributed by atoms with E-state index in [4.69, 9.17) is 0 Å². The molecule has 1 fully saturated rings. The summed E-state index contributed by atoms with van der Waals surface area (Å²) in [6.45, 7) is 6.32. The molecule has 1 heterocycles. The van der Waals surface area contributed by atoms with E-state index in [1.807, 2.05) is 6.92 Å². The van der Waals surface area contributed by atoms with Crippen molar-refractivity contribution in [1.29, 1.82) is 0 Å². The maximum atomic E-state index is 12.0. The number of aromatic nitrogens is 1. The van der Waals surface area contributed by atoms with Crippen LogP contribution in [0.15, 0.2) is 0 Å². The van der Waals surface area contributed by atoms with Gasteiger partial charge in [-0.1, -0.05) is 6.92 Å². The Kier molecular flexibility index (Phi) is 3.43. The first kappa shape index (κ1) is 11.8. The number of hydrogen-bond donors (Lipinski definition) is 0. The lowest BCUT2D eigenvalue weighted by molar-refractivity contribution is -0.122. The quantitative estimate of drug-likeness (QED) is 0.807. The van der Waals surface area contributed by atoms with Gasteiger partial charge in [0.05, 0.1) is 12.1 Å². The minimum Gasteiger partial charge on any atom is -0.299 e. The molecule has 0 aliphatic heterocycles. The van der Waals surface area contributed by atoms with Crippen molar-refractivity contribution in [3.8, 4) is 0 Å². The molecular weight excluding hydrogens is 218 g/mol. The highest BCUT2D eigenvalue weighted by molar-refractivity contribution is 7.11. The molecule has 0 aromatic carbocycles. The first-order valence-electron chi connectivity index (χ1n) is 6.02. The Hall–Kier alpha value is -0.700. The van der Waals surface area contributed by atoms with Gasteiger partial charge in [0.2, 0.25) is 0 Å². The van der Waals surface area contributed by atoms with Gasteiger partial charge >= 0.3 is 0 Å². The van der Waals surface area contributed by atoms with Crippen LogP contribution in [-0.2, 0) is 11.2 Å². The third-order valence-electron chi connectivity index (χ3n) is 3.55. The molecule has 1 saturated carbocycles. The van der Waals surface area contributed by atoms with Crippen molar-refractivity contribution in [1.82, 2.24) is 4.98 Å². The minimum atomic E-state index is 0.305. The van der Waals surface area contributed by atoms with Crippen LogP contribution in [0.4, 0.5) is 0 Å². The Labute approximate surface area is 101 Å². The van der Waals surface area contributed by atoms with Gasteiger partial charge in [-0.3, -0.25) is 4.79 Å². The molecule has 2 nitrogen and oxygen atoms in total. The van der Waals surface area contributed by atoms with Gasteiger partial charge in [-0.05, 0) is 39.0 Å². The second kappa shape index (κ2) is 4.66. The summed E-state index contributed by atoms with van der Waals surface area (Å²) in [7, 11) is 0. The Morgan fingerprint density at radius 3 is 2.69 bits per heavy atom. The molecular formula is C13H19NOS. The van der Waals surface area contributed by atoms with E-state index >= 15 is 0 Å². The smallest absolute Gasteiger partial charge is 0.142 e. The summed E-state index contributed by atoms with van der Waals surface area (Å²) in [5.74, 6) is 1.44. The molecule has 0 bridgehead atoms. The van der Waals surface area contributed by atoms with Crippen LogP contribution in [0, 0.1) is 25.7 Å². The predicted molar refractivity (Wildman–Crippen MR) is 66.8 cm³/mol. The lowest BCUT2D eigenvalue weighted by atomic mass is 9.99. The molecule has 2 atom stereocenters. The SMILES string of the molecule is Cc1nc(CC(=O)C2CCC(C)C2)sc1C. The standard InChI is InChI=1S/C13H19NOS/c1-8-4-5-11(6-8)12(15)7-13-14-9(2)10(3)16-13/h8,11H,4-7H2,1-3H3. The molecule has 88 valence electrons. The average molecular weight is 237 g/mol. The average Bonchev–Trinajstić information content (AvgIpc) is 2.75. The molecule has 3 heteroatoms. The van der Waals surface area contributed by atoms with Crippen molar-refractivity contribution in [2.24, 2.45) is 11.8 Å². The molecule has 16 heavy (non-hydrogen) atoms. The summed E-state index contributed by atoms with van der Waals surface area (Å²) in [6.07, 6.45) is 3.94. The number of thiazole rings is 1. The zero-order chi connectivity index (χ0) is 11.7. The number of carbonyl (C=O) groups excluding carboxylic acids is 1. The number of hydrogen-bond acceptors (Lipinski definition) is 3. The van der Waals surface area contributed by atoms with Crippen LogP contribution in [0.1, 0.15) is 41.8 Å². The lowest BCUT2D eigenvalue weighted by Gasteiger charge is -2.06. The molecule has 0 saturated heterocycles. The van der Waals surface area contributed by atoms with Crippen molar-refractivity contribution in [2.45, 2.75) is 46.5 Å². The predicted octanol–water partition coefficient (Wildman–Crippen LogP) is 3.31. The normalized spacial score (nSPS) is 24.9. The Morgan fingerprint density at radius 1 is 1.44 bits per heavy atom. The van der Waals surface area contributed by atoms with Gasteiger partial charge in [-0.2, -0.15) is 0 Å². The van der Waals surface area contributed by atoms with Gasteiger partial charge in [0, 0.05) is 10.8 Å². The minimum absolute atomic E-state index is 0.305. The zero-order valence-electron chi connectivity index (χ0n) is 10.2. The van der Waals surface area contributed by atoms with Crippen LogP contribution in [-0.4, -0.2) is 10.8 Å². The fourth-order valence-corrected chi connectivity index (χ4v) is 3.35. The molecule has 1 aromatic rings. The van der Waals surface area contributed by atoms with Gasteiger partial charge in [0.1, 0.15) is 10.8 Å². The number of Topliss-reactive ketones (excluding diaryl/α,β-unsaturated/α-hetero) is 1. The summed E-state index contributed by atoms with van der Waals surface area (Å²) >= 11 is 1.67. The highest BCUT2D eigenvalue weighted by Gasteiger charge is 2.27. The number of aryl methyl sites for hydroxylation is 2. The van der Waals surface area contributed by atoms with Gasteiger partial charge < -0.3 is 0 Å². The van der Waals surface area contributed by atoms with E-state index in [1.54, 1.807) is 11.3 Å². The van der Waals surface area contributed by atoms with Crippen LogP contribution in [0.2, 0.25) is 0 Å². The van der Waals surface area contributed by atoms with E-state index in [1.165, 1.54) is 11.3 Å². The van der Waals surface area contributed by atoms with Gasteiger partial charge in [0.15, 0.2) is 0 Å². The molecule has 1 aliphatic carbocycles. The fourth-order valence-electron chi connectivity index (χ4n) is 2.41. The molecule has 2 unspecified atom stereocenters. The third-order valence-corrected chi connectivity index (χ3v) is 4.62. The second-order valence-electron chi connectivity index (χ2n) is 5.01. The van der Waals surface area contributed by atoms with E-state index in [9.17, 15) is 4.79 Å². The molecule has 1 aliphatic rings. The summed E-state index contributed by atoms with van der Waals surface area (Å²) in [6, 6.07) is 0. The highest BCUT2D eigenvalue weighted by Crippen LogP contribution is 2.32. The number of carbonyl (C=O) groups is 1. The summed E-state index contributed by atoms with van der Waals surface area (Å²) < 4.78 is 0. The first-order chi connectivity index (χ1) is 7.56. The van der Waals surface area contributed by atoms with Crippen LogP contribution in [0.5, 0.6) is 0 Å². The highest BCUT2D eigenvalue weighted by atomic mass is 32.1. The van der Waals surface area contributed by atoms with E-state index < -0.39 is 0 Å². The van der Waals surface area contributed by atoms with Crippen LogP contribution in [0.3, 0.4) is 0 Å². The Bertz CT molecular complexity index is 377. The molecule has 0 amide bonds. The van der Waals surface area contributed by atoms with Crippen LogP contribution in [0.25, 0.3) is 0 Å². The van der Waals surface area contributed by atoms with Crippen molar-refractivity contribution in [3.05, 3.63) is 15.6 Å². The van der Waals surface area contributed by atoms with Gasteiger partial charge in [-0.15, -0.1) is 11.3 Å². The first-order valence-corrected chi connectivity index (χ1v) is 6.83. The monoisotopic (exact) mass is 237 g/mol. The lowest BCUT2D eigenvalue weighted by Crippen LogP contribution is -2.13. The van der Waals surface area contributed by atoms with E-state index in [0.717, 1.165) is 29.5 Å². The van der Waals surface area contributed by atoms with Crippen molar-refractivity contribution >= 4 is 17.1 Å².